The Morgan fingerprint density at radius 2 is 1.75 bits per heavy atom. The van der Waals surface area contributed by atoms with Crippen molar-refractivity contribution >= 4 is 63.8 Å². The van der Waals surface area contributed by atoms with Crippen LogP contribution in [0.15, 0.2) is 24.9 Å². The Morgan fingerprint density at radius 3 is 2.52 bits per heavy atom. The van der Waals surface area contributed by atoms with Crippen LogP contribution in [0.1, 0.15) is 18.1 Å². The van der Waals surface area contributed by atoms with Gasteiger partial charge in [-0.25, -0.2) is 29.0 Å². The smallest absolute Gasteiger partial charge is 0.264 e. The van der Waals surface area contributed by atoms with Gasteiger partial charge >= 0.3 is 0 Å². The van der Waals surface area contributed by atoms with Gasteiger partial charge < -0.3 is 38.0 Å². The second-order valence-corrected chi connectivity index (χ2v) is 14.4. The van der Waals surface area contributed by atoms with Gasteiger partial charge in [0, 0.05) is 19.7 Å². The van der Waals surface area contributed by atoms with E-state index in [1.54, 1.807) is 12.3 Å². The van der Waals surface area contributed by atoms with Crippen LogP contribution in [0.5, 0.6) is 0 Å². The molecule has 3 saturated heterocycles. The molecular weight excluding hydrogens is 677 g/mol. The lowest BCUT2D eigenvalue weighted by atomic mass is 10.1. The molecule has 0 amide bonds. The number of hydrogen-bond donors (Lipinski definition) is 2. The van der Waals surface area contributed by atoms with Gasteiger partial charge in [0.2, 0.25) is 15.1 Å². The maximum Gasteiger partial charge on any atom is 0.264 e. The van der Waals surface area contributed by atoms with Crippen molar-refractivity contribution in [2.45, 2.75) is 55.6 Å². The number of fused-ring (bicyclic) bond motifs is 3. The number of hydrogen-bond acceptors (Lipinski definition) is 17. The van der Waals surface area contributed by atoms with Crippen molar-refractivity contribution in [1.82, 2.24) is 34.3 Å². The zero-order chi connectivity index (χ0) is 33.4. The fraction of sp³-hybridized carbons (Fsp3) is 0.542. The Hall–Kier alpha value is -3.03. The average Bonchev–Trinajstić information content (AvgIpc) is 3.77. The van der Waals surface area contributed by atoms with Crippen LogP contribution in [0.2, 0.25) is 0 Å². The first-order valence-corrected chi connectivity index (χ1v) is 17.8. The Kier molecular flexibility index (Phi) is 8.10. The predicted octanol–water partition coefficient (Wildman–Crippen LogP) is 1.27. The summed E-state index contributed by atoms with van der Waals surface area (Å²) in [6.07, 6.45) is -6.46. The number of aromatic nitrogens is 7. The molecule has 0 spiro atoms. The van der Waals surface area contributed by atoms with E-state index in [0.29, 0.717) is 35.4 Å². The summed E-state index contributed by atoms with van der Waals surface area (Å²) < 4.78 is 86.2. The molecule has 24 heteroatoms. The van der Waals surface area contributed by atoms with E-state index in [9.17, 15) is 9.13 Å². The number of nitrogens with zero attached hydrogens (tertiary/aromatic N) is 7. The van der Waals surface area contributed by atoms with Crippen LogP contribution >= 0.6 is 14.9 Å². The molecule has 0 bridgehead atoms. The minimum Gasteiger partial charge on any atom is -0.382 e. The highest BCUT2D eigenvalue weighted by Crippen LogP contribution is 2.54. The summed E-state index contributed by atoms with van der Waals surface area (Å²) in [5, 5.41) is 5.42. The molecule has 4 radical (unpaired) electrons. The second kappa shape index (κ2) is 12.1. The number of anilines is 2. The normalized spacial score (nSPS) is 37.3. The fourth-order valence-electron chi connectivity index (χ4n) is 6.26. The number of methoxy groups -OCH3 is 1. The molecule has 4 aliphatic rings. The lowest BCUT2D eigenvalue weighted by Gasteiger charge is -2.30. The van der Waals surface area contributed by atoms with Gasteiger partial charge in [-0.2, -0.15) is 5.10 Å². The SMILES string of the molecule is [B]P1(=O)OC[C@H]2O[C@@H](n3cnc4c(N)ncnc43)C(F)[C@H]2OP([B])(=O)OC[C@H]2O[C@@H](n3nc4c5c(ccnc53)NOCC4)[C@@H](OC)C2O1. The van der Waals surface area contributed by atoms with Gasteiger partial charge in [0.1, 0.15) is 42.4 Å². The molecule has 4 aliphatic heterocycles. The second-order valence-electron chi connectivity index (χ2n) is 11.3. The highest BCUT2D eigenvalue weighted by atomic mass is 31.2. The van der Waals surface area contributed by atoms with Gasteiger partial charge in [0.15, 0.2) is 35.7 Å². The van der Waals surface area contributed by atoms with E-state index in [1.807, 2.05) is 0 Å². The molecule has 10 atom stereocenters. The van der Waals surface area contributed by atoms with Gasteiger partial charge in [-0.3, -0.25) is 24.0 Å². The third-order valence-corrected chi connectivity index (χ3v) is 10.5. The van der Waals surface area contributed by atoms with Crippen molar-refractivity contribution in [3.63, 3.8) is 0 Å². The van der Waals surface area contributed by atoms with Crippen LogP contribution < -0.4 is 11.2 Å². The molecule has 48 heavy (non-hydrogen) atoms. The van der Waals surface area contributed by atoms with E-state index in [1.165, 1.54) is 29.0 Å². The first kappa shape index (κ1) is 32.2. The van der Waals surface area contributed by atoms with Crippen molar-refractivity contribution in [1.29, 1.82) is 0 Å². The van der Waals surface area contributed by atoms with E-state index >= 15 is 4.39 Å². The molecule has 4 unspecified atom stereocenters. The molecule has 250 valence electrons. The summed E-state index contributed by atoms with van der Waals surface area (Å²) in [6, 6.07) is 1.74. The minimum absolute atomic E-state index is 0.0617. The summed E-state index contributed by atoms with van der Waals surface area (Å²) in [6.45, 7) is -0.834. The van der Waals surface area contributed by atoms with Crippen LogP contribution in [0.3, 0.4) is 0 Å². The first-order chi connectivity index (χ1) is 23.0. The predicted molar refractivity (Wildman–Crippen MR) is 162 cm³/mol. The summed E-state index contributed by atoms with van der Waals surface area (Å²) in [5.74, 6) is 0.0617. The van der Waals surface area contributed by atoms with Crippen LogP contribution in [-0.4, -0.2) is 113 Å². The van der Waals surface area contributed by atoms with Gasteiger partial charge in [-0.1, -0.05) is 0 Å². The summed E-state index contributed by atoms with van der Waals surface area (Å²) >= 11 is 0. The zero-order valence-corrected chi connectivity index (χ0v) is 26.8. The number of nitrogens with two attached hydrogens (primary N) is 1. The van der Waals surface area contributed by atoms with Gasteiger partial charge in [-0.15, -0.1) is 0 Å². The molecule has 19 nitrogen and oxygen atoms in total. The molecule has 4 aromatic heterocycles. The molecule has 4 aromatic rings. The number of nitrogen functional groups attached to an aromatic ring is 1. The highest BCUT2D eigenvalue weighted by molar-refractivity contribution is 7.79. The van der Waals surface area contributed by atoms with Crippen molar-refractivity contribution in [2.75, 3.05) is 38.1 Å². The Labute approximate surface area is 273 Å². The van der Waals surface area contributed by atoms with Crippen molar-refractivity contribution in [3.05, 3.63) is 30.6 Å². The Morgan fingerprint density at radius 1 is 1.02 bits per heavy atom. The molecule has 3 N–H and O–H groups in total. The van der Waals surface area contributed by atoms with E-state index in [2.05, 4.69) is 25.4 Å². The summed E-state index contributed by atoms with van der Waals surface area (Å²) in [4.78, 5) is 22.0. The molecule has 8 rings (SSSR count). The quantitative estimate of drug-likeness (QED) is 0.227. The lowest BCUT2D eigenvalue weighted by molar-refractivity contribution is -0.0642. The highest BCUT2D eigenvalue weighted by Gasteiger charge is 2.54. The van der Waals surface area contributed by atoms with Crippen molar-refractivity contribution in [2.24, 2.45) is 0 Å². The number of alkyl halides is 1. The molecule has 0 aliphatic carbocycles. The summed E-state index contributed by atoms with van der Waals surface area (Å²) in [5.41, 5.74) is 10.9. The molecular formula is C24H26B2FN9O10P2. The van der Waals surface area contributed by atoms with Crippen molar-refractivity contribution in [3.8, 4) is 0 Å². The maximum atomic E-state index is 16.1. The standard InChI is InChI=1S/C24H26B2FN9O10P2/c1-39-19-18-13(44-24(19)36-21-14-10(33-36)3-5-40-34-11(14)2-4-29-21)7-42-47(25,37)45-17-12(6-41-48(26,38)46-18)43-23(15(17)27)35-9-32-16-20(28)30-8-31-22(16)35/h2,4,8-9,12-13,15,17-19,23-24,34H,3,5-7H2,1H3,(H2,28,30,31)/t12-,13-,15?,17+,18?,19+,23-,24-,47?,48?/m1/s1. The minimum atomic E-state index is -4.53. The van der Waals surface area contributed by atoms with Crippen LogP contribution in [0.4, 0.5) is 15.9 Å². The third kappa shape index (κ3) is 5.53. The molecule has 8 heterocycles. The number of nitrogens with one attached hydrogen (secondary N) is 1. The maximum absolute atomic E-state index is 16.1. The zero-order valence-electron chi connectivity index (χ0n) is 25.0. The number of pyridine rings is 1. The van der Waals surface area contributed by atoms with Gasteiger partial charge in [0.05, 0.1) is 42.9 Å². The third-order valence-electron chi connectivity index (χ3n) is 8.39. The monoisotopic (exact) mass is 703 g/mol. The van der Waals surface area contributed by atoms with Crippen LogP contribution in [0, 0.1) is 0 Å². The Bertz CT molecular complexity index is 1980. The van der Waals surface area contributed by atoms with Crippen LogP contribution in [0.25, 0.3) is 22.2 Å². The number of imidazole rings is 1. The van der Waals surface area contributed by atoms with E-state index in [4.69, 9.17) is 63.1 Å². The number of rotatable bonds is 3. The van der Waals surface area contributed by atoms with E-state index in [0.717, 1.165) is 0 Å². The van der Waals surface area contributed by atoms with Crippen LogP contribution in [-0.2, 0) is 52.7 Å². The average molecular weight is 703 g/mol. The number of halogens is 1. The largest absolute Gasteiger partial charge is 0.382 e. The lowest BCUT2D eigenvalue weighted by Crippen LogP contribution is -2.39. The van der Waals surface area contributed by atoms with Gasteiger partial charge in [-0.05, 0) is 6.07 Å². The first-order valence-electron chi connectivity index (χ1n) is 14.6. The van der Waals surface area contributed by atoms with E-state index in [-0.39, 0.29) is 17.0 Å². The van der Waals surface area contributed by atoms with E-state index < -0.39 is 77.3 Å². The Balaban J connectivity index is 1.09. The fourth-order valence-corrected chi connectivity index (χ4v) is 8.27. The molecule has 0 aromatic carbocycles. The van der Waals surface area contributed by atoms with Gasteiger partial charge in [0.25, 0.3) is 14.9 Å². The number of ether oxygens (including phenoxy) is 3. The van der Waals surface area contributed by atoms with Crippen molar-refractivity contribution < 1.29 is 50.7 Å². The summed E-state index contributed by atoms with van der Waals surface area (Å²) in [7, 11) is 4.42. The topological polar surface area (TPSA) is 220 Å². The molecule has 3 fully saturated rings. The molecule has 0 saturated carbocycles.